The number of nitrogens with zero attached hydrogens (tertiary/aromatic N) is 3. The van der Waals surface area contributed by atoms with Gasteiger partial charge in [0.15, 0.2) is 0 Å². The second kappa shape index (κ2) is 5.56. The van der Waals surface area contributed by atoms with Gasteiger partial charge < -0.3 is 9.88 Å². The Balaban J connectivity index is 1.89. The highest BCUT2D eigenvalue weighted by atomic mass is 15.2. The minimum absolute atomic E-state index is 0.353. The summed E-state index contributed by atoms with van der Waals surface area (Å²) in [6, 6.07) is 12.7. The molecule has 1 N–H and O–H groups in total. The zero-order valence-corrected chi connectivity index (χ0v) is 12.7. The number of pyridine rings is 1. The first-order chi connectivity index (χ1) is 10.1. The van der Waals surface area contributed by atoms with E-state index in [0.29, 0.717) is 12.6 Å². The van der Waals surface area contributed by atoms with Gasteiger partial charge in [0.1, 0.15) is 0 Å². The first-order valence-corrected chi connectivity index (χ1v) is 7.27. The molecule has 0 fully saturated rings. The molecule has 0 atom stereocenters. The van der Waals surface area contributed by atoms with Gasteiger partial charge in [-0.3, -0.25) is 4.98 Å². The van der Waals surface area contributed by atoms with Crippen molar-refractivity contribution in [1.29, 1.82) is 0 Å². The van der Waals surface area contributed by atoms with Crippen molar-refractivity contribution >= 4 is 17.0 Å². The number of aryl methyl sites for hydroxylation is 1. The molecule has 0 unspecified atom stereocenters. The summed E-state index contributed by atoms with van der Waals surface area (Å²) in [6.45, 7) is 7.06. The monoisotopic (exact) mass is 280 g/mol. The molecule has 21 heavy (non-hydrogen) atoms. The Kier molecular flexibility index (Phi) is 3.60. The van der Waals surface area contributed by atoms with E-state index in [1.165, 1.54) is 5.56 Å². The van der Waals surface area contributed by atoms with Crippen molar-refractivity contribution in [3.8, 4) is 0 Å². The van der Waals surface area contributed by atoms with Crippen molar-refractivity contribution in [3.05, 3.63) is 53.9 Å². The number of rotatable bonds is 4. The molecule has 4 nitrogen and oxygen atoms in total. The van der Waals surface area contributed by atoms with Gasteiger partial charge in [0, 0.05) is 12.2 Å². The van der Waals surface area contributed by atoms with Gasteiger partial charge in [-0.25, -0.2) is 4.98 Å². The highest BCUT2D eigenvalue weighted by molar-refractivity contribution is 5.78. The standard InChI is InChI=1S/C17H20N4/c1-12(2)21-16-7-5-4-6-15(16)20-17(21)19-11-14-9-8-13(3)10-18-14/h4-10,12H,11H2,1-3H3,(H,19,20). The highest BCUT2D eigenvalue weighted by Gasteiger charge is 2.12. The van der Waals surface area contributed by atoms with Gasteiger partial charge in [0.2, 0.25) is 5.95 Å². The third kappa shape index (κ3) is 2.75. The van der Waals surface area contributed by atoms with E-state index in [1.807, 2.05) is 37.4 Å². The van der Waals surface area contributed by atoms with Crippen LogP contribution in [-0.2, 0) is 6.54 Å². The van der Waals surface area contributed by atoms with Gasteiger partial charge in [0.25, 0.3) is 0 Å². The molecular formula is C17H20N4. The Hall–Kier alpha value is -2.36. The molecule has 108 valence electrons. The van der Waals surface area contributed by atoms with E-state index in [1.54, 1.807) is 0 Å². The summed E-state index contributed by atoms with van der Waals surface area (Å²) in [4.78, 5) is 9.11. The molecule has 0 radical (unpaired) electrons. The summed E-state index contributed by atoms with van der Waals surface area (Å²) in [6.07, 6.45) is 1.89. The maximum absolute atomic E-state index is 4.69. The molecule has 0 aliphatic rings. The van der Waals surface area contributed by atoms with E-state index < -0.39 is 0 Å². The van der Waals surface area contributed by atoms with Crippen LogP contribution in [-0.4, -0.2) is 14.5 Å². The molecule has 2 aromatic heterocycles. The first kappa shape index (κ1) is 13.6. The number of hydrogen-bond donors (Lipinski definition) is 1. The van der Waals surface area contributed by atoms with Gasteiger partial charge in [-0.05, 0) is 44.5 Å². The molecule has 0 aliphatic carbocycles. The Morgan fingerprint density at radius 2 is 1.95 bits per heavy atom. The number of nitrogens with one attached hydrogen (secondary N) is 1. The van der Waals surface area contributed by atoms with Crippen LogP contribution in [0.2, 0.25) is 0 Å². The van der Waals surface area contributed by atoms with E-state index in [9.17, 15) is 0 Å². The van der Waals surface area contributed by atoms with Crippen molar-refractivity contribution in [3.63, 3.8) is 0 Å². The lowest BCUT2D eigenvalue weighted by molar-refractivity contribution is 0.622. The topological polar surface area (TPSA) is 42.7 Å². The molecule has 1 aromatic carbocycles. The van der Waals surface area contributed by atoms with E-state index in [4.69, 9.17) is 4.98 Å². The summed E-state index contributed by atoms with van der Waals surface area (Å²) < 4.78 is 2.23. The normalized spacial score (nSPS) is 11.2. The van der Waals surface area contributed by atoms with Crippen LogP contribution in [0.25, 0.3) is 11.0 Å². The van der Waals surface area contributed by atoms with Gasteiger partial charge in [-0.15, -0.1) is 0 Å². The predicted molar refractivity (Wildman–Crippen MR) is 86.4 cm³/mol. The minimum Gasteiger partial charge on any atom is -0.350 e. The molecule has 0 amide bonds. The van der Waals surface area contributed by atoms with E-state index >= 15 is 0 Å². The fourth-order valence-electron chi connectivity index (χ4n) is 2.46. The van der Waals surface area contributed by atoms with Crippen LogP contribution >= 0.6 is 0 Å². The molecule has 3 aromatic rings. The molecule has 0 bridgehead atoms. The molecule has 2 heterocycles. The molecule has 3 rings (SSSR count). The Bertz CT molecular complexity index is 741. The van der Waals surface area contributed by atoms with Crippen LogP contribution < -0.4 is 5.32 Å². The molecule has 0 saturated heterocycles. The average Bonchev–Trinajstić information content (AvgIpc) is 2.85. The fourth-order valence-corrected chi connectivity index (χ4v) is 2.46. The quantitative estimate of drug-likeness (QED) is 0.787. The number of imidazole rings is 1. The van der Waals surface area contributed by atoms with E-state index in [0.717, 1.165) is 22.7 Å². The molecule has 0 spiro atoms. The van der Waals surface area contributed by atoms with Gasteiger partial charge in [-0.2, -0.15) is 0 Å². The van der Waals surface area contributed by atoms with Gasteiger partial charge in [0.05, 0.1) is 23.3 Å². The lowest BCUT2D eigenvalue weighted by atomic mass is 10.3. The largest absolute Gasteiger partial charge is 0.350 e. The second-order valence-corrected chi connectivity index (χ2v) is 5.57. The average molecular weight is 280 g/mol. The van der Waals surface area contributed by atoms with E-state index in [-0.39, 0.29) is 0 Å². The highest BCUT2D eigenvalue weighted by Crippen LogP contribution is 2.24. The summed E-state index contributed by atoms with van der Waals surface area (Å²) >= 11 is 0. The van der Waals surface area contributed by atoms with Crippen LogP contribution in [0.5, 0.6) is 0 Å². The number of fused-ring (bicyclic) bond motifs is 1. The van der Waals surface area contributed by atoms with Crippen molar-refractivity contribution in [1.82, 2.24) is 14.5 Å². The molecule has 0 aliphatic heterocycles. The van der Waals surface area contributed by atoms with Crippen LogP contribution in [0.1, 0.15) is 31.1 Å². The number of para-hydroxylation sites is 2. The van der Waals surface area contributed by atoms with Crippen LogP contribution in [0.15, 0.2) is 42.6 Å². The summed E-state index contributed by atoms with van der Waals surface area (Å²) in [5, 5.41) is 3.41. The zero-order valence-electron chi connectivity index (χ0n) is 12.7. The second-order valence-electron chi connectivity index (χ2n) is 5.57. The Labute approximate surface area is 124 Å². The molecule has 4 heteroatoms. The Morgan fingerprint density at radius 3 is 2.67 bits per heavy atom. The number of aromatic nitrogens is 3. The van der Waals surface area contributed by atoms with Crippen molar-refractivity contribution in [2.45, 2.75) is 33.4 Å². The van der Waals surface area contributed by atoms with Gasteiger partial charge in [-0.1, -0.05) is 18.2 Å². The molecule has 0 saturated carbocycles. The summed E-state index contributed by atoms with van der Waals surface area (Å²) in [5.74, 6) is 0.897. The fraction of sp³-hybridized carbons (Fsp3) is 0.294. The van der Waals surface area contributed by atoms with Crippen LogP contribution in [0.3, 0.4) is 0 Å². The SMILES string of the molecule is Cc1ccc(CNc2nc3ccccc3n2C(C)C)nc1. The molecular weight excluding hydrogens is 260 g/mol. The predicted octanol–water partition coefficient (Wildman–Crippen LogP) is 3.93. The van der Waals surface area contributed by atoms with Crippen molar-refractivity contribution in [2.24, 2.45) is 0 Å². The van der Waals surface area contributed by atoms with Crippen LogP contribution in [0, 0.1) is 6.92 Å². The number of anilines is 1. The number of hydrogen-bond acceptors (Lipinski definition) is 3. The Morgan fingerprint density at radius 1 is 1.14 bits per heavy atom. The third-order valence-corrected chi connectivity index (χ3v) is 3.51. The smallest absolute Gasteiger partial charge is 0.204 e. The lowest BCUT2D eigenvalue weighted by Gasteiger charge is -2.14. The van der Waals surface area contributed by atoms with Crippen molar-refractivity contribution in [2.75, 3.05) is 5.32 Å². The lowest BCUT2D eigenvalue weighted by Crippen LogP contribution is -2.10. The third-order valence-electron chi connectivity index (χ3n) is 3.51. The van der Waals surface area contributed by atoms with Gasteiger partial charge >= 0.3 is 0 Å². The summed E-state index contributed by atoms with van der Waals surface area (Å²) in [5.41, 5.74) is 4.37. The maximum atomic E-state index is 4.69. The number of benzene rings is 1. The zero-order chi connectivity index (χ0) is 14.8. The maximum Gasteiger partial charge on any atom is 0.204 e. The minimum atomic E-state index is 0.353. The van der Waals surface area contributed by atoms with E-state index in [2.05, 4.69) is 40.8 Å². The van der Waals surface area contributed by atoms with Crippen LogP contribution in [0.4, 0.5) is 5.95 Å². The summed E-state index contributed by atoms with van der Waals surface area (Å²) in [7, 11) is 0. The first-order valence-electron chi connectivity index (χ1n) is 7.27. The van der Waals surface area contributed by atoms with Crippen molar-refractivity contribution < 1.29 is 0 Å².